The summed E-state index contributed by atoms with van der Waals surface area (Å²) in [5.74, 6) is -2.97. The van der Waals surface area contributed by atoms with Crippen LogP contribution in [-0.2, 0) is 17.5 Å². The van der Waals surface area contributed by atoms with E-state index in [1.165, 1.54) is 36.4 Å². The van der Waals surface area contributed by atoms with E-state index in [1.807, 2.05) is 0 Å². The van der Waals surface area contributed by atoms with E-state index in [1.54, 1.807) is 12.1 Å². The molecule has 0 unspecified atom stereocenters. The fourth-order valence-electron chi connectivity index (χ4n) is 2.49. The van der Waals surface area contributed by atoms with Crippen LogP contribution in [0.25, 0.3) is 11.0 Å². The highest BCUT2D eigenvalue weighted by Crippen LogP contribution is 2.31. The molecule has 0 aliphatic rings. The number of carboxylic acid groups (broad SMARTS) is 1. The third-order valence-electron chi connectivity index (χ3n) is 3.63. The predicted octanol–water partition coefficient (Wildman–Crippen LogP) is 3.39. The van der Waals surface area contributed by atoms with Crippen molar-refractivity contribution >= 4 is 28.6 Å². The molecule has 26 heavy (non-hydrogen) atoms. The molecule has 2 N–H and O–H groups in total. The van der Waals surface area contributed by atoms with Gasteiger partial charge in [0.1, 0.15) is 6.54 Å². The number of imidazole rings is 1. The molecule has 0 fully saturated rings. The van der Waals surface area contributed by atoms with E-state index in [2.05, 4.69) is 10.3 Å². The SMILES string of the molecule is O=C(Cn1c(C(F)(F)F)nc2ccccc21)Nc1ccc(C(=O)O)cc1. The van der Waals surface area contributed by atoms with Crippen molar-refractivity contribution in [2.75, 3.05) is 5.32 Å². The maximum atomic E-state index is 13.2. The summed E-state index contributed by atoms with van der Waals surface area (Å²) >= 11 is 0. The Morgan fingerprint density at radius 1 is 1.08 bits per heavy atom. The van der Waals surface area contributed by atoms with Gasteiger partial charge in [0, 0.05) is 5.69 Å². The Hall–Kier alpha value is -3.36. The molecule has 0 saturated carbocycles. The van der Waals surface area contributed by atoms with Crippen LogP contribution in [0.1, 0.15) is 16.2 Å². The number of hydrogen-bond acceptors (Lipinski definition) is 3. The highest BCUT2D eigenvalue weighted by Gasteiger charge is 2.37. The molecule has 0 bridgehead atoms. The first-order valence-electron chi connectivity index (χ1n) is 7.41. The number of carboxylic acids is 1. The first-order valence-corrected chi connectivity index (χ1v) is 7.41. The maximum Gasteiger partial charge on any atom is 0.449 e. The molecule has 0 atom stereocenters. The van der Waals surface area contributed by atoms with Crippen molar-refractivity contribution in [1.29, 1.82) is 0 Å². The number of anilines is 1. The van der Waals surface area contributed by atoms with Gasteiger partial charge in [-0.05, 0) is 36.4 Å². The minimum atomic E-state index is -4.71. The number of halogens is 3. The second kappa shape index (κ2) is 6.51. The van der Waals surface area contributed by atoms with Crippen molar-refractivity contribution in [3.05, 3.63) is 59.9 Å². The third kappa shape index (κ3) is 3.51. The first-order chi connectivity index (χ1) is 12.3. The molecule has 1 heterocycles. The van der Waals surface area contributed by atoms with Crippen LogP contribution in [0.4, 0.5) is 18.9 Å². The fourth-order valence-corrected chi connectivity index (χ4v) is 2.49. The van der Waals surface area contributed by atoms with Gasteiger partial charge in [0.15, 0.2) is 0 Å². The van der Waals surface area contributed by atoms with Gasteiger partial charge in [-0.3, -0.25) is 4.79 Å². The second-order valence-corrected chi connectivity index (χ2v) is 5.44. The molecule has 1 aromatic heterocycles. The van der Waals surface area contributed by atoms with Crippen LogP contribution in [0, 0.1) is 0 Å². The normalized spacial score (nSPS) is 11.5. The highest BCUT2D eigenvalue weighted by molar-refractivity contribution is 5.93. The lowest BCUT2D eigenvalue weighted by molar-refractivity contribution is -0.147. The lowest BCUT2D eigenvalue weighted by Crippen LogP contribution is -2.23. The number of aromatic nitrogens is 2. The first kappa shape index (κ1) is 17.5. The number of fused-ring (bicyclic) bond motifs is 1. The Kier molecular flexibility index (Phi) is 4.37. The Balaban J connectivity index is 1.86. The number of carbonyl (C=O) groups is 2. The van der Waals surface area contributed by atoms with Crippen LogP contribution in [-0.4, -0.2) is 26.5 Å². The zero-order chi connectivity index (χ0) is 18.9. The highest BCUT2D eigenvalue weighted by atomic mass is 19.4. The van der Waals surface area contributed by atoms with Gasteiger partial charge in [0.05, 0.1) is 16.6 Å². The average molecular weight is 363 g/mol. The Bertz CT molecular complexity index is 978. The standard InChI is InChI=1S/C17H12F3N3O3/c18-17(19,20)16-22-12-3-1-2-4-13(12)23(16)9-14(24)21-11-7-5-10(6-8-11)15(25)26/h1-8H,9H2,(H,21,24)(H,25,26). The molecule has 0 radical (unpaired) electrons. The number of carbonyl (C=O) groups excluding carboxylic acids is 1. The molecule has 2 aromatic carbocycles. The van der Waals surface area contributed by atoms with Crippen LogP contribution in [0.2, 0.25) is 0 Å². The van der Waals surface area contributed by atoms with Crippen LogP contribution in [0.15, 0.2) is 48.5 Å². The molecule has 6 nitrogen and oxygen atoms in total. The molecule has 134 valence electrons. The van der Waals surface area contributed by atoms with E-state index < -0.39 is 30.4 Å². The number of para-hydroxylation sites is 2. The number of alkyl halides is 3. The molecule has 3 rings (SSSR count). The summed E-state index contributed by atoms with van der Waals surface area (Å²) in [4.78, 5) is 26.5. The molecule has 1 amide bonds. The minimum absolute atomic E-state index is 0.0305. The van der Waals surface area contributed by atoms with Gasteiger partial charge >= 0.3 is 12.1 Å². The minimum Gasteiger partial charge on any atom is -0.478 e. The van der Waals surface area contributed by atoms with Crippen LogP contribution in [0.5, 0.6) is 0 Å². The predicted molar refractivity (Wildman–Crippen MR) is 86.8 cm³/mol. The van der Waals surface area contributed by atoms with E-state index in [9.17, 15) is 22.8 Å². The third-order valence-corrected chi connectivity index (χ3v) is 3.63. The average Bonchev–Trinajstić information content (AvgIpc) is 2.94. The summed E-state index contributed by atoms with van der Waals surface area (Å²) in [6.45, 7) is -0.587. The summed E-state index contributed by atoms with van der Waals surface area (Å²) in [6.07, 6.45) is -4.71. The number of benzene rings is 2. The molecule has 3 aromatic rings. The van der Waals surface area contributed by atoms with E-state index in [0.717, 1.165) is 4.57 Å². The molecule has 0 aliphatic heterocycles. The van der Waals surface area contributed by atoms with E-state index >= 15 is 0 Å². The summed E-state index contributed by atoms with van der Waals surface area (Å²) in [6, 6.07) is 11.3. The molecular formula is C17H12F3N3O3. The van der Waals surface area contributed by atoms with E-state index in [4.69, 9.17) is 5.11 Å². The Morgan fingerprint density at radius 2 is 1.73 bits per heavy atom. The van der Waals surface area contributed by atoms with E-state index in [-0.39, 0.29) is 22.3 Å². The molecule has 0 spiro atoms. The molecule has 0 saturated heterocycles. The summed E-state index contributed by atoms with van der Waals surface area (Å²) in [7, 11) is 0. The number of nitrogens with zero attached hydrogens (tertiary/aromatic N) is 2. The zero-order valence-electron chi connectivity index (χ0n) is 13.1. The lowest BCUT2D eigenvalue weighted by Gasteiger charge is -2.12. The maximum absolute atomic E-state index is 13.2. The van der Waals surface area contributed by atoms with Crippen molar-refractivity contribution in [3.8, 4) is 0 Å². The number of amides is 1. The number of rotatable bonds is 4. The topological polar surface area (TPSA) is 84.2 Å². The summed E-state index contributed by atoms with van der Waals surface area (Å²) in [5.41, 5.74) is 0.635. The number of aromatic carboxylic acids is 1. The quantitative estimate of drug-likeness (QED) is 0.744. The van der Waals surface area contributed by atoms with Crippen LogP contribution in [0.3, 0.4) is 0 Å². The van der Waals surface area contributed by atoms with Crippen molar-refractivity contribution in [2.45, 2.75) is 12.7 Å². The van der Waals surface area contributed by atoms with Gasteiger partial charge < -0.3 is 15.0 Å². The van der Waals surface area contributed by atoms with Gasteiger partial charge in [0.2, 0.25) is 11.7 Å². The van der Waals surface area contributed by atoms with Gasteiger partial charge in [-0.1, -0.05) is 12.1 Å². The van der Waals surface area contributed by atoms with Crippen molar-refractivity contribution in [1.82, 2.24) is 9.55 Å². The van der Waals surface area contributed by atoms with Crippen LogP contribution >= 0.6 is 0 Å². The summed E-state index contributed by atoms with van der Waals surface area (Å²) < 4.78 is 40.4. The van der Waals surface area contributed by atoms with Gasteiger partial charge in [-0.25, -0.2) is 9.78 Å². The van der Waals surface area contributed by atoms with Gasteiger partial charge in [0.25, 0.3) is 0 Å². The Morgan fingerprint density at radius 3 is 2.35 bits per heavy atom. The lowest BCUT2D eigenvalue weighted by atomic mass is 10.2. The van der Waals surface area contributed by atoms with Crippen molar-refractivity contribution < 1.29 is 27.9 Å². The molecular weight excluding hydrogens is 351 g/mol. The van der Waals surface area contributed by atoms with Crippen molar-refractivity contribution in [2.24, 2.45) is 0 Å². The smallest absolute Gasteiger partial charge is 0.449 e. The summed E-state index contributed by atoms with van der Waals surface area (Å²) in [5, 5.41) is 11.3. The molecule has 0 aliphatic carbocycles. The largest absolute Gasteiger partial charge is 0.478 e. The number of hydrogen-bond donors (Lipinski definition) is 2. The molecule has 9 heteroatoms. The second-order valence-electron chi connectivity index (χ2n) is 5.44. The fraction of sp³-hybridized carbons (Fsp3) is 0.118. The van der Waals surface area contributed by atoms with Gasteiger partial charge in [-0.2, -0.15) is 13.2 Å². The monoisotopic (exact) mass is 363 g/mol. The van der Waals surface area contributed by atoms with Crippen LogP contribution < -0.4 is 5.32 Å². The van der Waals surface area contributed by atoms with Crippen molar-refractivity contribution in [3.63, 3.8) is 0 Å². The zero-order valence-corrected chi connectivity index (χ0v) is 13.1. The Labute approximate surface area is 144 Å². The van der Waals surface area contributed by atoms with Gasteiger partial charge in [-0.15, -0.1) is 0 Å². The van der Waals surface area contributed by atoms with E-state index in [0.29, 0.717) is 0 Å². The number of nitrogens with one attached hydrogen (secondary N) is 1.